The van der Waals surface area contributed by atoms with Crippen molar-refractivity contribution in [3.05, 3.63) is 12.7 Å². The maximum absolute atomic E-state index is 12.2. The Kier molecular flexibility index (Phi) is 6.56. The molecule has 0 aromatic rings. The number of rotatable bonds is 7. The van der Waals surface area contributed by atoms with Crippen LogP contribution in [-0.4, -0.2) is 59.5 Å². The van der Waals surface area contributed by atoms with E-state index in [1.165, 1.54) is 19.3 Å². The highest BCUT2D eigenvalue weighted by molar-refractivity contribution is 5.79. The standard InChI is InChI=1S/C14H24N2O3/c1-3-9-16(11-14(18)19)10-13(17)15(2)12-7-5-4-6-8-12/h3,12H,1,4-11H2,2H3,(H,18,19). The van der Waals surface area contributed by atoms with Crippen molar-refractivity contribution in [3.8, 4) is 0 Å². The number of hydrogen-bond acceptors (Lipinski definition) is 3. The molecular formula is C14H24N2O3. The van der Waals surface area contributed by atoms with Gasteiger partial charge in [-0.25, -0.2) is 0 Å². The third kappa shape index (κ3) is 5.42. The highest BCUT2D eigenvalue weighted by Gasteiger charge is 2.23. The molecule has 1 rings (SSSR count). The van der Waals surface area contributed by atoms with Crippen LogP contribution in [0.1, 0.15) is 32.1 Å². The molecule has 0 aromatic heterocycles. The quantitative estimate of drug-likeness (QED) is 0.708. The third-order valence-electron chi connectivity index (χ3n) is 3.62. The third-order valence-corrected chi connectivity index (χ3v) is 3.62. The maximum atomic E-state index is 12.2. The normalized spacial score (nSPS) is 16.3. The van der Waals surface area contributed by atoms with Crippen LogP contribution in [0.25, 0.3) is 0 Å². The van der Waals surface area contributed by atoms with Gasteiger partial charge in [0.05, 0.1) is 13.1 Å². The molecule has 108 valence electrons. The molecule has 5 heteroatoms. The van der Waals surface area contributed by atoms with E-state index in [1.807, 2.05) is 7.05 Å². The Morgan fingerprint density at radius 1 is 1.26 bits per heavy atom. The van der Waals surface area contributed by atoms with Gasteiger partial charge in [0.25, 0.3) is 0 Å². The Bertz CT molecular complexity index is 325. The Balaban J connectivity index is 2.49. The van der Waals surface area contributed by atoms with Gasteiger partial charge in [0.15, 0.2) is 0 Å². The summed E-state index contributed by atoms with van der Waals surface area (Å²) >= 11 is 0. The molecule has 0 saturated heterocycles. The summed E-state index contributed by atoms with van der Waals surface area (Å²) in [6.07, 6.45) is 7.34. The second-order valence-electron chi connectivity index (χ2n) is 5.15. The molecule has 0 heterocycles. The van der Waals surface area contributed by atoms with Crippen LogP contribution < -0.4 is 0 Å². The van der Waals surface area contributed by atoms with Crippen LogP contribution in [-0.2, 0) is 9.59 Å². The zero-order valence-electron chi connectivity index (χ0n) is 11.7. The second kappa shape index (κ2) is 7.94. The number of nitrogens with zero attached hydrogens (tertiary/aromatic N) is 2. The van der Waals surface area contributed by atoms with Gasteiger partial charge in [0.2, 0.25) is 5.91 Å². The van der Waals surface area contributed by atoms with Crippen LogP contribution in [0.3, 0.4) is 0 Å². The number of hydrogen-bond donors (Lipinski definition) is 1. The predicted octanol–water partition coefficient (Wildman–Crippen LogP) is 1.35. The zero-order chi connectivity index (χ0) is 14.3. The molecule has 0 spiro atoms. The molecule has 19 heavy (non-hydrogen) atoms. The fourth-order valence-electron chi connectivity index (χ4n) is 2.53. The van der Waals surface area contributed by atoms with Crippen molar-refractivity contribution < 1.29 is 14.7 Å². The van der Waals surface area contributed by atoms with Crippen LogP contribution in [0, 0.1) is 0 Å². The first-order chi connectivity index (χ1) is 9.04. The molecule has 0 unspecified atom stereocenters. The summed E-state index contributed by atoms with van der Waals surface area (Å²) in [6.45, 7) is 4.02. The molecular weight excluding hydrogens is 244 g/mol. The van der Waals surface area contributed by atoms with Crippen molar-refractivity contribution in [2.75, 3.05) is 26.7 Å². The van der Waals surface area contributed by atoms with Gasteiger partial charge in [-0.3, -0.25) is 14.5 Å². The summed E-state index contributed by atoms with van der Waals surface area (Å²) in [5.41, 5.74) is 0. The Morgan fingerprint density at radius 2 is 1.89 bits per heavy atom. The summed E-state index contributed by atoms with van der Waals surface area (Å²) in [4.78, 5) is 26.3. The highest BCUT2D eigenvalue weighted by Crippen LogP contribution is 2.21. The van der Waals surface area contributed by atoms with E-state index < -0.39 is 5.97 Å². The van der Waals surface area contributed by atoms with Crippen molar-refractivity contribution in [1.82, 2.24) is 9.80 Å². The van der Waals surface area contributed by atoms with Crippen molar-refractivity contribution in [2.45, 2.75) is 38.1 Å². The van der Waals surface area contributed by atoms with E-state index in [2.05, 4.69) is 6.58 Å². The van der Waals surface area contributed by atoms with Crippen molar-refractivity contribution in [2.24, 2.45) is 0 Å². The summed E-state index contributed by atoms with van der Waals surface area (Å²) in [5, 5.41) is 8.81. The molecule has 0 bridgehead atoms. The lowest BCUT2D eigenvalue weighted by Crippen LogP contribution is -2.45. The number of carbonyl (C=O) groups is 2. The smallest absolute Gasteiger partial charge is 0.317 e. The molecule has 1 aliphatic carbocycles. The van der Waals surface area contributed by atoms with Crippen LogP contribution in [0.15, 0.2) is 12.7 Å². The molecule has 0 atom stereocenters. The van der Waals surface area contributed by atoms with Gasteiger partial charge in [0, 0.05) is 19.6 Å². The summed E-state index contributed by atoms with van der Waals surface area (Å²) in [7, 11) is 1.82. The Labute approximate surface area is 114 Å². The van der Waals surface area contributed by atoms with Crippen molar-refractivity contribution in [1.29, 1.82) is 0 Å². The Morgan fingerprint density at radius 3 is 2.42 bits per heavy atom. The topological polar surface area (TPSA) is 60.9 Å². The number of likely N-dealkylation sites (N-methyl/N-ethyl adjacent to an activating group) is 1. The van der Waals surface area contributed by atoms with Gasteiger partial charge in [-0.05, 0) is 12.8 Å². The SMILES string of the molecule is C=CCN(CC(=O)O)CC(=O)N(C)C1CCCCC1. The van der Waals surface area contributed by atoms with Crippen molar-refractivity contribution in [3.63, 3.8) is 0 Å². The predicted molar refractivity (Wildman–Crippen MR) is 73.9 cm³/mol. The number of aliphatic carboxylic acids is 1. The van der Waals surface area contributed by atoms with E-state index in [0.717, 1.165) is 12.8 Å². The minimum atomic E-state index is -0.921. The number of carbonyl (C=O) groups excluding carboxylic acids is 1. The molecule has 1 amide bonds. The first kappa shape index (κ1) is 15.7. The van der Waals surface area contributed by atoms with Crippen LogP contribution in [0.5, 0.6) is 0 Å². The molecule has 0 radical (unpaired) electrons. The van der Waals surface area contributed by atoms with Gasteiger partial charge in [-0.1, -0.05) is 25.3 Å². The number of amides is 1. The zero-order valence-corrected chi connectivity index (χ0v) is 11.7. The Hall–Kier alpha value is -1.36. The maximum Gasteiger partial charge on any atom is 0.317 e. The lowest BCUT2D eigenvalue weighted by Gasteiger charge is -2.32. The number of carboxylic acid groups (broad SMARTS) is 1. The van der Waals surface area contributed by atoms with Crippen molar-refractivity contribution >= 4 is 11.9 Å². The van der Waals surface area contributed by atoms with E-state index >= 15 is 0 Å². The minimum absolute atomic E-state index is 0.00463. The molecule has 1 N–H and O–H groups in total. The van der Waals surface area contributed by atoms with Crippen LogP contribution in [0.4, 0.5) is 0 Å². The van der Waals surface area contributed by atoms with E-state index in [1.54, 1.807) is 15.9 Å². The van der Waals surface area contributed by atoms with Gasteiger partial charge >= 0.3 is 5.97 Å². The molecule has 1 aliphatic rings. The number of carboxylic acids is 1. The molecule has 5 nitrogen and oxygen atoms in total. The fraction of sp³-hybridized carbons (Fsp3) is 0.714. The lowest BCUT2D eigenvalue weighted by molar-refractivity contribution is -0.139. The van der Waals surface area contributed by atoms with E-state index in [0.29, 0.717) is 12.6 Å². The van der Waals surface area contributed by atoms with E-state index in [-0.39, 0.29) is 19.0 Å². The summed E-state index contributed by atoms with van der Waals surface area (Å²) in [6, 6.07) is 0.316. The van der Waals surface area contributed by atoms with Crippen LogP contribution >= 0.6 is 0 Å². The van der Waals surface area contributed by atoms with Gasteiger partial charge in [0.1, 0.15) is 0 Å². The molecule has 0 aliphatic heterocycles. The minimum Gasteiger partial charge on any atom is -0.480 e. The van der Waals surface area contributed by atoms with E-state index in [9.17, 15) is 9.59 Å². The molecule has 1 fully saturated rings. The van der Waals surface area contributed by atoms with Gasteiger partial charge in [-0.15, -0.1) is 6.58 Å². The largest absolute Gasteiger partial charge is 0.480 e. The molecule has 1 saturated carbocycles. The average Bonchev–Trinajstić information content (AvgIpc) is 2.38. The lowest BCUT2D eigenvalue weighted by atomic mass is 9.94. The summed E-state index contributed by atoms with van der Waals surface area (Å²) < 4.78 is 0. The van der Waals surface area contributed by atoms with Gasteiger partial charge < -0.3 is 10.0 Å². The molecule has 0 aromatic carbocycles. The first-order valence-corrected chi connectivity index (χ1v) is 6.85. The summed E-state index contributed by atoms with van der Waals surface area (Å²) in [5.74, 6) is -0.926. The fourth-order valence-corrected chi connectivity index (χ4v) is 2.53. The average molecular weight is 268 g/mol. The highest BCUT2D eigenvalue weighted by atomic mass is 16.4. The van der Waals surface area contributed by atoms with Gasteiger partial charge in [-0.2, -0.15) is 0 Å². The first-order valence-electron chi connectivity index (χ1n) is 6.85. The van der Waals surface area contributed by atoms with E-state index in [4.69, 9.17) is 5.11 Å². The second-order valence-corrected chi connectivity index (χ2v) is 5.15. The monoisotopic (exact) mass is 268 g/mol. The van der Waals surface area contributed by atoms with Crippen LogP contribution in [0.2, 0.25) is 0 Å².